The first kappa shape index (κ1) is 18.1. The molecule has 0 aliphatic carbocycles. The Morgan fingerprint density at radius 2 is 1.73 bits per heavy atom. The highest BCUT2D eigenvalue weighted by molar-refractivity contribution is 6.42. The molecule has 6 heteroatoms. The fourth-order valence-corrected chi connectivity index (χ4v) is 2.91. The molecule has 130 valence electrons. The van der Waals surface area contributed by atoms with Gasteiger partial charge in [0.15, 0.2) is 0 Å². The fraction of sp³-hybridized carbons (Fsp3) is 0.100. The third kappa shape index (κ3) is 3.60. The molecule has 0 bridgehead atoms. The summed E-state index contributed by atoms with van der Waals surface area (Å²) < 4.78 is 5.43. The zero-order chi connectivity index (χ0) is 18.7. The van der Waals surface area contributed by atoms with E-state index >= 15 is 0 Å². The van der Waals surface area contributed by atoms with Gasteiger partial charge in [0.25, 0.3) is 5.56 Å². The number of halogens is 2. The molecule has 1 heterocycles. The van der Waals surface area contributed by atoms with Crippen LogP contribution < -0.4 is 10.3 Å². The van der Waals surface area contributed by atoms with Gasteiger partial charge in [-0.05, 0) is 48.4 Å². The molecule has 0 amide bonds. The molecule has 0 atom stereocenters. The van der Waals surface area contributed by atoms with E-state index in [9.17, 15) is 10.1 Å². The van der Waals surface area contributed by atoms with Gasteiger partial charge in [0.2, 0.25) is 0 Å². The Labute approximate surface area is 160 Å². The second-order valence-electron chi connectivity index (χ2n) is 5.50. The van der Waals surface area contributed by atoms with Crippen molar-refractivity contribution in [3.63, 3.8) is 0 Å². The van der Waals surface area contributed by atoms with Crippen molar-refractivity contribution in [1.29, 1.82) is 5.26 Å². The summed E-state index contributed by atoms with van der Waals surface area (Å²) in [5.41, 5.74) is 2.14. The smallest absolute Gasteiger partial charge is 0.266 e. The molecule has 0 spiro atoms. The van der Waals surface area contributed by atoms with Crippen molar-refractivity contribution in [2.45, 2.75) is 6.92 Å². The Morgan fingerprint density at radius 1 is 1.04 bits per heavy atom. The minimum atomic E-state index is -0.458. The average Bonchev–Trinajstić information content (AvgIpc) is 2.64. The summed E-state index contributed by atoms with van der Waals surface area (Å²) in [5, 5.41) is 10.2. The van der Waals surface area contributed by atoms with Crippen LogP contribution in [0.25, 0.3) is 22.4 Å². The van der Waals surface area contributed by atoms with Crippen molar-refractivity contribution in [1.82, 2.24) is 4.98 Å². The molecule has 2 aromatic carbocycles. The zero-order valence-corrected chi connectivity index (χ0v) is 15.4. The van der Waals surface area contributed by atoms with Gasteiger partial charge in [0.05, 0.1) is 16.7 Å². The summed E-state index contributed by atoms with van der Waals surface area (Å²) in [5.74, 6) is 0.726. The number of nitrogens with zero attached hydrogens (tertiary/aromatic N) is 1. The number of pyridine rings is 1. The molecule has 0 saturated carbocycles. The van der Waals surface area contributed by atoms with Crippen molar-refractivity contribution < 1.29 is 4.74 Å². The number of aromatic nitrogens is 1. The van der Waals surface area contributed by atoms with Crippen molar-refractivity contribution >= 4 is 23.2 Å². The Hall–Kier alpha value is -2.74. The van der Waals surface area contributed by atoms with Crippen LogP contribution in [-0.2, 0) is 0 Å². The summed E-state index contributed by atoms with van der Waals surface area (Å²) in [6.07, 6.45) is 0. The summed E-state index contributed by atoms with van der Waals surface area (Å²) in [4.78, 5) is 15.1. The summed E-state index contributed by atoms with van der Waals surface area (Å²) in [6, 6.07) is 16.1. The number of nitrogens with one attached hydrogen (secondary N) is 1. The molecule has 0 saturated heterocycles. The Balaban J connectivity index is 2.15. The number of nitriles is 1. The van der Waals surface area contributed by atoms with Gasteiger partial charge in [-0.25, -0.2) is 0 Å². The van der Waals surface area contributed by atoms with Gasteiger partial charge in [-0.1, -0.05) is 41.4 Å². The minimum Gasteiger partial charge on any atom is -0.494 e. The lowest BCUT2D eigenvalue weighted by Crippen LogP contribution is -2.12. The third-order valence-corrected chi connectivity index (χ3v) is 4.59. The summed E-state index contributed by atoms with van der Waals surface area (Å²) in [7, 11) is 0. The molecule has 0 unspecified atom stereocenters. The molecule has 3 aromatic rings. The van der Waals surface area contributed by atoms with E-state index in [1.807, 2.05) is 25.1 Å². The first-order chi connectivity index (χ1) is 12.5. The molecule has 4 nitrogen and oxygen atoms in total. The van der Waals surface area contributed by atoms with E-state index in [-0.39, 0.29) is 5.56 Å². The van der Waals surface area contributed by atoms with E-state index < -0.39 is 5.56 Å². The quantitative estimate of drug-likeness (QED) is 0.664. The molecule has 0 radical (unpaired) electrons. The maximum atomic E-state index is 12.4. The monoisotopic (exact) mass is 384 g/mol. The van der Waals surface area contributed by atoms with Crippen LogP contribution in [0.2, 0.25) is 10.0 Å². The van der Waals surface area contributed by atoms with Gasteiger partial charge in [-0.3, -0.25) is 4.79 Å². The SMILES string of the molecule is CCOc1ccc(-c2cc(-c3ccc(Cl)c(Cl)c3)[nH]c(=O)c2C#N)cc1. The highest BCUT2D eigenvalue weighted by Gasteiger charge is 2.13. The van der Waals surface area contributed by atoms with Gasteiger partial charge in [0, 0.05) is 11.3 Å². The van der Waals surface area contributed by atoms with E-state index in [0.717, 1.165) is 11.3 Å². The second kappa shape index (κ2) is 7.65. The molecule has 1 aromatic heterocycles. The molecule has 0 fully saturated rings. The molecule has 1 N–H and O–H groups in total. The summed E-state index contributed by atoms with van der Waals surface area (Å²) in [6.45, 7) is 2.47. The highest BCUT2D eigenvalue weighted by atomic mass is 35.5. The number of hydrogen-bond donors (Lipinski definition) is 1. The number of ether oxygens (including phenoxy) is 1. The normalized spacial score (nSPS) is 10.4. The Kier molecular flexibility index (Phi) is 5.32. The van der Waals surface area contributed by atoms with Crippen molar-refractivity contribution in [2.24, 2.45) is 0 Å². The lowest BCUT2D eigenvalue weighted by molar-refractivity contribution is 0.340. The highest BCUT2D eigenvalue weighted by Crippen LogP contribution is 2.30. The molecular formula is C20H14Cl2N2O2. The zero-order valence-electron chi connectivity index (χ0n) is 13.8. The number of rotatable bonds is 4. The van der Waals surface area contributed by atoms with Gasteiger partial charge in [0.1, 0.15) is 17.4 Å². The first-order valence-electron chi connectivity index (χ1n) is 7.89. The Morgan fingerprint density at radius 3 is 2.35 bits per heavy atom. The van der Waals surface area contributed by atoms with Crippen LogP contribution in [0.5, 0.6) is 5.75 Å². The van der Waals surface area contributed by atoms with E-state index in [2.05, 4.69) is 4.98 Å². The van der Waals surface area contributed by atoms with Gasteiger partial charge in [-0.2, -0.15) is 5.26 Å². The van der Waals surface area contributed by atoms with E-state index in [0.29, 0.717) is 33.5 Å². The van der Waals surface area contributed by atoms with Gasteiger partial charge in [-0.15, -0.1) is 0 Å². The van der Waals surface area contributed by atoms with E-state index in [1.165, 1.54) is 0 Å². The lowest BCUT2D eigenvalue weighted by atomic mass is 9.99. The molecule has 0 aliphatic heterocycles. The minimum absolute atomic E-state index is 0.0537. The maximum absolute atomic E-state index is 12.4. The summed E-state index contributed by atoms with van der Waals surface area (Å²) >= 11 is 12.0. The predicted octanol–water partition coefficient (Wildman–Crippen LogP) is 5.29. The maximum Gasteiger partial charge on any atom is 0.266 e. The van der Waals surface area contributed by atoms with Crippen LogP contribution in [0.15, 0.2) is 53.3 Å². The van der Waals surface area contributed by atoms with Crippen LogP contribution in [0.3, 0.4) is 0 Å². The molecule has 26 heavy (non-hydrogen) atoms. The second-order valence-corrected chi connectivity index (χ2v) is 6.31. The number of hydrogen-bond acceptors (Lipinski definition) is 3. The van der Waals surface area contributed by atoms with Gasteiger partial charge >= 0.3 is 0 Å². The number of aromatic amines is 1. The van der Waals surface area contributed by atoms with Crippen molar-refractivity contribution in [3.05, 3.63) is 74.5 Å². The standard InChI is InChI=1S/C20H14Cl2N2O2/c1-2-26-14-6-3-12(4-7-14)15-10-19(24-20(25)16(15)11-23)13-5-8-17(21)18(22)9-13/h3-10H,2H2,1H3,(H,24,25). The largest absolute Gasteiger partial charge is 0.494 e. The van der Waals surface area contributed by atoms with Crippen LogP contribution in [0.4, 0.5) is 0 Å². The van der Waals surface area contributed by atoms with Crippen LogP contribution in [-0.4, -0.2) is 11.6 Å². The van der Waals surface area contributed by atoms with Crippen molar-refractivity contribution in [3.8, 4) is 34.2 Å². The first-order valence-corrected chi connectivity index (χ1v) is 8.65. The van der Waals surface area contributed by atoms with Crippen LogP contribution >= 0.6 is 23.2 Å². The van der Waals surface area contributed by atoms with Crippen LogP contribution in [0, 0.1) is 11.3 Å². The van der Waals surface area contributed by atoms with Crippen molar-refractivity contribution in [2.75, 3.05) is 6.61 Å². The van der Waals surface area contributed by atoms with E-state index in [4.69, 9.17) is 27.9 Å². The fourth-order valence-electron chi connectivity index (χ4n) is 2.61. The molecule has 3 rings (SSSR count). The molecule has 0 aliphatic rings. The van der Waals surface area contributed by atoms with Crippen LogP contribution in [0.1, 0.15) is 12.5 Å². The lowest BCUT2D eigenvalue weighted by Gasteiger charge is -2.10. The predicted molar refractivity (Wildman–Crippen MR) is 104 cm³/mol. The topological polar surface area (TPSA) is 65.9 Å². The average molecular weight is 385 g/mol. The third-order valence-electron chi connectivity index (χ3n) is 3.85. The Bertz CT molecular complexity index is 1050. The van der Waals surface area contributed by atoms with E-state index in [1.54, 1.807) is 36.4 Å². The number of H-pyrrole nitrogens is 1. The van der Waals surface area contributed by atoms with Gasteiger partial charge < -0.3 is 9.72 Å². The molecular weight excluding hydrogens is 371 g/mol. The number of benzene rings is 2.